The Kier molecular flexibility index (Phi) is 4.31. The van der Waals surface area contributed by atoms with Gasteiger partial charge in [-0.25, -0.2) is 4.98 Å². The fraction of sp³-hybridized carbons (Fsp3) is 0. The van der Waals surface area contributed by atoms with Gasteiger partial charge in [-0.2, -0.15) is 5.10 Å². The number of nitrogens with zero attached hydrogens (tertiary/aromatic N) is 2. The number of fused-ring (bicyclic) bond motifs is 2. The Bertz CT molecular complexity index is 739. The van der Waals surface area contributed by atoms with Crippen LogP contribution < -0.4 is 0 Å². The Balaban J connectivity index is 0.000000225. The minimum absolute atomic E-state index is 1.17. The molecule has 1 aromatic heterocycles. The molecular weight excluding hydrogens is 394 g/mol. The van der Waals surface area contributed by atoms with Crippen molar-refractivity contribution >= 4 is 53.4 Å². The van der Waals surface area contributed by atoms with Crippen molar-refractivity contribution in [1.82, 2.24) is 15.2 Å². The van der Waals surface area contributed by atoms with Gasteiger partial charge in [0.05, 0.1) is 0 Å². The number of aromatic amines is 1. The zero-order valence-corrected chi connectivity index (χ0v) is 14.1. The topological polar surface area (TPSA) is 41.6 Å². The Labute approximate surface area is 138 Å². The zero-order valence-electron chi connectivity index (χ0n) is 10.9. The van der Waals surface area contributed by atoms with Crippen LogP contribution >= 0.6 is 31.9 Å². The van der Waals surface area contributed by atoms with E-state index >= 15 is 0 Å². The number of hydrogen-bond donors (Lipinski definition) is 1. The zero-order chi connectivity index (χ0) is 14.7. The summed E-state index contributed by atoms with van der Waals surface area (Å²) < 4.78 is 2.34. The maximum absolute atomic E-state index is 3.70. The van der Waals surface area contributed by atoms with Crippen LogP contribution in [0.15, 0.2) is 70.1 Å². The fourth-order valence-corrected chi connectivity index (χ4v) is 3.57. The molecule has 3 nitrogen and oxygen atoms in total. The van der Waals surface area contributed by atoms with Gasteiger partial charge >= 0.3 is 0 Å². The Hall–Kier alpha value is -1.72. The lowest BCUT2D eigenvalue weighted by atomic mass is 10.0. The van der Waals surface area contributed by atoms with Gasteiger partial charge in [0.2, 0.25) is 0 Å². The van der Waals surface area contributed by atoms with Gasteiger partial charge in [-0.15, -0.1) is 0 Å². The standard InChI is InChI=1S/C14H8Br2.C2H3N3/c15-13-9-5-1-2-6-10(9)14(16)12-8-4-3-7-11(12)13;1-3-2-5-4-1/h1-8H;1-2H,(H,3,4,5). The molecule has 0 unspecified atom stereocenters. The van der Waals surface area contributed by atoms with Gasteiger partial charge in [-0.3, -0.25) is 5.10 Å². The average molecular weight is 405 g/mol. The van der Waals surface area contributed by atoms with Crippen molar-refractivity contribution in [2.75, 3.05) is 0 Å². The molecule has 1 N–H and O–H groups in total. The van der Waals surface area contributed by atoms with Crippen molar-refractivity contribution in [2.45, 2.75) is 0 Å². The van der Waals surface area contributed by atoms with Crippen molar-refractivity contribution in [3.05, 3.63) is 70.1 Å². The average Bonchev–Trinajstić information content (AvgIpc) is 3.12. The maximum atomic E-state index is 3.70. The number of aromatic nitrogens is 3. The van der Waals surface area contributed by atoms with E-state index in [4.69, 9.17) is 0 Å². The number of H-pyrrole nitrogens is 1. The molecular formula is C16H11Br2N3. The summed E-state index contributed by atoms with van der Waals surface area (Å²) >= 11 is 7.39. The van der Waals surface area contributed by atoms with E-state index in [1.165, 1.54) is 43.1 Å². The summed E-state index contributed by atoms with van der Waals surface area (Å²) in [6, 6.07) is 16.8. The third kappa shape index (κ3) is 2.84. The Morgan fingerprint density at radius 3 is 1.38 bits per heavy atom. The molecule has 21 heavy (non-hydrogen) atoms. The first-order chi connectivity index (χ1) is 10.3. The molecule has 1 heterocycles. The molecule has 104 valence electrons. The third-order valence-electron chi connectivity index (χ3n) is 3.13. The minimum atomic E-state index is 1.17. The number of nitrogens with one attached hydrogen (secondary N) is 1. The van der Waals surface area contributed by atoms with Crippen LogP contribution in [0.4, 0.5) is 0 Å². The van der Waals surface area contributed by atoms with Crippen molar-refractivity contribution < 1.29 is 0 Å². The number of benzene rings is 3. The van der Waals surface area contributed by atoms with Crippen molar-refractivity contribution in [1.29, 1.82) is 0 Å². The van der Waals surface area contributed by atoms with Gasteiger partial charge in [-0.05, 0) is 53.4 Å². The highest BCUT2D eigenvalue weighted by atomic mass is 79.9. The first kappa shape index (κ1) is 14.2. The van der Waals surface area contributed by atoms with E-state index in [2.05, 4.69) is 95.6 Å². The molecule has 4 aromatic rings. The van der Waals surface area contributed by atoms with Crippen LogP contribution in [-0.4, -0.2) is 15.2 Å². The highest BCUT2D eigenvalue weighted by molar-refractivity contribution is 9.11. The number of rotatable bonds is 0. The van der Waals surface area contributed by atoms with Crippen LogP contribution in [0.2, 0.25) is 0 Å². The lowest BCUT2D eigenvalue weighted by molar-refractivity contribution is 1.09. The van der Waals surface area contributed by atoms with Gasteiger partial charge in [0, 0.05) is 8.95 Å². The van der Waals surface area contributed by atoms with E-state index in [0.29, 0.717) is 0 Å². The fourth-order valence-electron chi connectivity index (χ4n) is 2.19. The largest absolute Gasteiger partial charge is 0.266 e. The van der Waals surface area contributed by atoms with Gasteiger partial charge in [0.1, 0.15) is 12.7 Å². The van der Waals surface area contributed by atoms with E-state index in [-0.39, 0.29) is 0 Å². The quantitative estimate of drug-likeness (QED) is 0.403. The lowest BCUT2D eigenvalue weighted by Crippen LogP contribution is -1.81. The van der Waals surface area contributed by atoms with E-state index in [9.17, 15) is 0 Å². The van der Waals surface area contributed by atoms with E-state index in [1.807, 2.05) is 0 Å². The van der Waals surface area contributed by atoms with E-state index < -0.39 is 0 Å². The molecule has 0 aliphatic rings. The second-order valence-electron chi connectivity index (χ2n) is 4.37. The van der Waals surface area contributed by atoms with Crippen LogP contribution in [0.25, 0.3) is 21.5 Å². The van der Waals surface area contributed by atoms with Gasteiger partial charge < -0.3 is 0 Å². The molecule has 5 heteroatoms. The van der Waals surface area contributed by atoms with Crippen molar-refractivity contribution in [3.63, 3.8) is 0 Å². The van der Waals surface area contributed by atoms with Gasteiger partial charge in [-0.1, -0.05) is 48.5 Å². The molecule has 0 saturated carbocycles. The SMILES string of the molecule is Brc1c2ccccc2c(Br)c2ccccc12.c1nc[nH]n1. The second kappa shape index (κ2) is 6.37. The van der Waals surface area contributed by atoms with Crippen LogP contribution in [-0.2, 0) is 0 Å². The molecule has 0 fully saturated rings. The summed E-state index contributed by atoms with van der Waals surface area (Å²) in [4.78, 5) is 3.56. The van der Waals surface area contributed by atoms with Crippen molar-refractivity contribution in [3.8, 4) is 0 Å². The predicted octanol–water partition coefficient (Wildman–Crippen LogP) is 5.32. The second-order valence-corrected chi connectivity index (χ2v) is 5.96. The van der Waals surface area contributed by atoms with Crippen LogP contribution in [0.1, 0.15) is 0 Å². The highest BCUT2D eigenvalue weighted by Gasteiger charge is 2.08. The molecule has 0 bridgehead atoms. The molecule has 0 atom stereocenters. The molecule has 4 rings (SSSR count). The highest BCUT2D eigenvalue weighted by Crippen LogP contribution is 2.38. The molecule has 0 spiro atoms. The van der Waals surface area contributed by atoms with E-state index in [1.54, 1.807) is 0 Å². The number of halogens is 2. The molecule has 0 amide bonds. The summed E-state index contributed by atoms with van der Waals surface area (Å²) in [7, 11) is 0. The summed E-state index contributed by atoms with van der Waals surface area (Å²) in [6.07, 6.45) is 2.96. The first-order valence-corrected chi connectivity index (χ1v) is 7.91. The predicted molar refractivity (Wildman–Crippen MR) is 93.2 cm³/mol. The lowest BCUT2D eigenvalue weighted by Gasteiger charge is -2.09. The summed E-state index contributed by atoms with van der Waals surface area (Å²) in [6.45, 7) is 0. The summed E-state index contributed by atoms with van der Waals surface area (Å²) in [5.41, 5.74) is 0. The molecule has 0 radical (unpaired) electrons. The Morgan fingerprint density at radius 1 is 0.714 bits per heavy atom. The smallest absolute Gasteiger partial charge is 0.137 e. The molecule has 3 aromatic carbocycles. The van der Waals surface area contributed by atoms with Crippen molar-refractivity contribution in [2.24, 2.45) is 0 Å². The van der Waals surface area contributed by atoms with Crippen LogP contribution in [0.3, 0.4) is 0 Å². The van der Waals surface area contributed by atoms with E-state index in [0.717, 1.165) is 0 Å². The first-order valence-electron chi connectivity index (χ1n) is 6.32. The molecule has 0 aliphatic heterocycles. The maximum Gasteiger partial charge on any atom is 0.137 e. The monoisotopic (exact) mass is 403 g/mol. The third-order valence-corrected chi connectivity index (χ3v) is 4.84. The summed E-state index contributed by atoms with van der Waals surface area (Å²) in [5.74, 6) is 0. The van der Waals surface area contributed by atoms with Gasteiger partial charge in [0.25, 0.3) is 0 Å². The normalized spacial score (nSPS) is 10.4. The summed E-state index contributed by atoms with van der Waals surface area (Å²) in [5, 5.41) is 11.0. The Morgan fingerprint density at radius 2 is 1.14 bits per heavy atom. The van der Waals surface area contributed by atoms with Crippen LogP contribution in [0.5, 0.6) is 0 Å². The number of hydrogen-bond acceptors (Lipinski definition) is 2. The molecule has 0 aliphatic carbocycles. The van der Waals surface area contributed by atoms with Gasteiger partial charge in [0.15, 0.2) is 0 Å². The molecule has 0 saturated heterocycles. The minimum Gasteiger partial charge on any atom is -0.266 e. The van der Waals surface area contributed by atoms with Crippen LogP contribution in [0, 0.1) is 0 Å².